The first kappa shape index (κ1) is 16.0. The molecular formula is C20H31NO. The second-order valence-corrected chi connectivity index (χ2v) is 7.80. The Labute approximate surface area is 135 Å². The van der Waals surface area contributed by atoms with Crippen molar-refractivity contribution < 1.29 is 4.74 Å². The summed E-state index contributed by atoms with van der Waals surface area (Å²) in [5, 5.41) is 0. The summed E-state index contributed by atoms with van der Waals surface area (Å²) in [6.45, 7) is 11.5. The van der Waals surface area contributed by atoms with E-state index in [1.165, 1.54) is 50.7 Å². The molecule has 0 aromatic carbocycles. The second kappa shape index (κ2) is 5.96. The van der Waals surface area contributed by atoms with Crippen LogP contribution in [0.5, 0.6) is 0 Å². The molecule has 2 nitrogen and oxygen atoms in total. The summed E-state index contributed by atoms with van der Waals surface area (Å²) in [6, 6.07) is 0. The highest BCUT2D eigenvalue weighted by Crippen LogP contribution is 2.66. The van der Waals surface area contributed by atoms with E-state index in [0.29, 0.717) is 11.3 Å². The minimum atomic E-state index is 0.234. The van der Waals surface area contributed by atoms with Gasteiger partial charge in [-0.15, -0.1) is 0 Å². The van der Waals surface area contributed by atoms with Crippen molar-refractivity contribution in [1.29, 1.82) is 0 Å². The molecule has 1 spiro atoms. The first-order chi connectivity index (χ1) is 10.6. The zero-order valence-electron chi connectivity index (χ0n) is 14.5. The summed E-state index contributed by atoms with van der Waals surface area (Å²) in [6.07, 6.45) is 12.8. The maximum absolute atomic E-state index is 6.14. The molecule has 0 aromatic rings. The molecule has 0 bridgehead atoms. The molecule has 22 heavy (non-hydrogen) atoms. The third-order valence-corrected chi connectivity index (χ3v) is 6.38. The predicted octanol–water partition coefficient (Wildman–Crippen LogP) is 5.30. The monoisotopic (exact) mass is 301 g/mol. The Morgan fingerprint density at radius 1 is 1.36 bits per heavy atom. The van der Waals surface area contributed by atoms with E-state index < -0.39 is 0 Å². The molecule has 2 saturated carbocycles. The Bertz CT molecular complexity index is 498. The van der Waals surface area contributed by atoms with Crippen LogP contribution >= 0.6 is 0 Å². The standard InChI is InChI=1S/C20H31NO/c1-5-15(3)14-21-18(16(4)6-2)20-10-9-19(8-7-11-22-19)12-17(20)13-20/h5,14,16-17H,1,6-13H2,2-4H3/b15-14-,21-18?. The minimum absolute atomic E-state index is 0.234. The van der Waals surface area contributed by atoms with Crippen LogP contribution in [0.25, 0.3) is 0 Å². The molecule has 2 aliphatic carbocycles. The van der Waals surface area contributed by atoms with Crippen molar-refractivity contribution in [3.05, 3.63) is 24.4 Å². The number of hydrogen-bond donors (Lipinski definition) is 0. The number of aliphatic imine (C=N–C) groups is 1. The molecule has 3 aliphatic rings. The predicted molar refractivity (Wildman–Crippen MR) is 93.2 cm³/mol. The topological polar surface area (TPSA) is 21.6 Å². The van der Waals surface area contributed by atoms with Crippen LogP contribution in [0.4, 0.5) is 0 Å². The molecule has 0 N–H and O–H groups in total. The highest BCUT2D eigenvalue weighted by atomic mass is 16.5. The van der Waals surface area contributed by atoms with Crippen molar-refractivity contribution in [1.82, 2.24) is 0 Å². The zero-order valence-corrected chi connectivity index (χ0v) is 14.5. The number of ether oxygens (including phenoxy) is 1. The van der Waals surface area contributed by atoms with Crippen molar-refractivity contribution >= 4 is 5.71 Å². The summed E-state index contributed by atoms with van der Waals surface area (Å²) >= 11 is 0. The molecular weight excluding hydrogens is 270 g/mol. The molecule has 3 fully saturated rings. The van der Waals surface area contributed by atoms with Crippen LogP contribution in [-0.2, 0) is 4.74 Å². The summed E-state index contributed by atoms with van der Waals surface area (Å²) in [5.74, 6) is 1.39. The quantitative estimate of drug-likeness (QED) is 0.498. The van der Waals surface area contributed by atoms with Gasteiger partial charge in [-0.1, -0.05) is 26.5 Å². The van der Waals surface area contributed by atoms with Gasteiger partial charge in [-0.2, -0.15) is 0 Å². The molecule has 4 unspecified atom stereocenters. The highest BCUT2D eigenvalue weighted by molar-refractivity contribution is 5.95. The van der Waals surface area contributed by atoms with Crippen LogP contribution < -0.4 is 0 Å². The van der Waals surface area contributed by atoms with Crippen molar-refractivity contribution in [3.8, 4) is 0 Å². The molecule has 0 amide bonds. The van der Waals surface area contributed by atoms with Gasteiger partial charge in [-0.3, -0.25) is 4.99 Å². The van der Waals surface area contributed by atoms with Crippen molar-refractivity contribution in [3.63, 3.8) is 0 Å². The van der Waals surface area contributed by atoms with Crippen LogP contribution in [0.1, 0.15) is 65.7 Å². The Hall–Kier alpha value is -0.890. The van der Waals surface area contributed by atoms with Crippen LogP contribution in [0.15, 0.2) is 29.4 Å². The summed E-state index contributed by atoms with van der Waals surface area (Å²) < 4.78 is 6.14. The molecule has 0 radical (unpaired) electrons. The van der Waals surface area contributed by atoms with Crippen LogP contribution in [0.2, 0.25) is 0 Å². The zero-order chi connectivity index (χ0) is 15.8. The van der Waals surface area contributed by atoms with E-state index in [1.54, 1.807) is 0 Å². The molecule has 1 heterocycles. The fourth-order valence-corrected chi connectivity index (χ4v) is 4.68. The Morgan fingerprint density at radius 3 is 2.77 bits per heavy atom. The van der Waals surface area contributed by atoms with Gasteiger partial charge >= 0.3 is 0 Å². The maximum Gasteiger partial charge on any atom is 0.0686 e. The molecule has 122 valence electrons. The fourth-order valence-electron chi connectivity index (χ4n) is 4.68. The van der Waals surface area contributed by atoms with Crippen molar-refractivity contribution in [2.24, 2.45) is 22.2 Å². The number of allylic oxidation sites excluding steroid dienone is 2. The van der Waals surface area contributed by atoms with Gasteiger partial charge in [0.25, 0.3) is 0 Å². The number of hydrogen-bond acceptors (Lipinski definition) is 2. The van der Waals surface area contributed by atoms with E-state index >= 15 is 0 Å². The van der Waals surface area contributed by atoms with Gasteiger partial charge in [-0.25, -0.2) is 0 Å². The van der Waals surface area contributed by atoms with Gasteiger partial charge in [0.05, 0.1) is 5.60 Å². The van der Waals surface area contributed by atoms with Crippen LogP contribution in [0.3, 0.4) is 0 Å². The number of nitrogens with zero attached hydrogens (tertiary/aromatic N) is 1. The van der Waals surface area contributed by atoms with Gasteiger partial charge in [0.2, 0.25) is 0 Å². The lowest BCUT2D eigenvalue weighted by atomic mass is 9.73. The first-order valence-electron chi connectivity index (χ1n) is 9.06. The van der Waals surface area contributed by atoms with Crippen LogP contribution in [0, 0.1) is 17.3 Å². The molecule has 4 atom stereocenters. The summed E-state index contributed by atoms with van der Waals surface area (Å²) in [4.78, 5) is 4.96. The van der Waals surface area contributed by atoms with Gasteiger partial charge < -0.3 is 4.74 Å². The lowest BCUT2D eigenvalue weighted by Gasteiger charge is -2.37. The molecule has 1 aliphatic heterocycles. The molecule has 2 heteroatoms. The maximum atomic E-state index is 6.14. The molecule has 3 rings (SSSR count). The average molecular weight is 301 g/mol. The van der Waals surface area contributed by atoms with Crippen molar-refractivity contribution in [2.45, 2.75) is 71.3 Å². The SMILES string of the molecule is C=C/C(C)=C\N=C(C(C)CC)C12CCC3(CCCO3)CC1C2. The molecule has 1 saturated heterocycles. The Balaban J connectivity index is 1.80. The first-order valence-corrected chi connectivity index (χ1v) is 9.06. The fraction of sp³-hybridized carbons (Fsp3) is 0.750. The lowest BCUT2D eigenvalue weighted by molar-refractivity contribution is -0.0314. The third kappa shape index (κ3) is 2.71. The van der Waals surface area contributed by atoms with Crippen LogP contribution in [-0.4, -0.2) is 17.9 Å². The normalized spacial score (nSPS) is 39.7. The minimum Gasteiger partial charge on any atom is -0.375 e. The summed E-state index contributed by atoms with van der Waals surface area (Å²) in [7, 11) is 0. The highest BCUT2D eigenvalue weighted by Gasteiger charge is 2.63. The molecule has 0 aromatic heterocycles. The van der Waals surface area contributed by atoms with E-state index in [-0.39, 0.29) is 5.60 Å². The van der Waals surface area contributed by atoms with E-state index in [0.717, 1.165) is 18.1 Å². The van der Waals surface area contributed by atoms with Gasteiger partial charge in [0.1, 0.15) is 0 Å². The van der Waals surface area contributed by atoms with E-state index in [9.17, 15) is 0 Å². The van der Waals surface area contributed by atoms with Gasteiger partial charge in [-0.05, 0) is 69.3 Å². The second-order valence-electron chi connectivity index (χ2n) is 7.80. The lowest BCUT2D eigenvalue weighted by Crippen LogP contribution is -2.38. The third-order valence-electron chi connectivity index (χ3n) is 6.38. The number of fused-ring (bicyclic) bond motifs is 1. The van der Waals surface area contributed by atoms with Gasteiger partial charge in [0, 0.05) is 23.9 Å². The smallest absolute Gasteiger partial charge is 0.0686 e. The van der Waals surface area contributed by atoms with E-state index in [4.69, 9.17) is 9.73 Å². The Morgan fingerprint density at radius 2 is 2.18 bits per heavy atom. The average Bonchev–Trinajstić information content (AvgIpc) is 3.06. The summed E-state index contributed by atoms with van der Waals surface area (Å²) in [5.41, 5.74) is 3.23. The Kier molecular flexibility index (Phi) is 4.33. The van der Waals surface area contributed by atoms with E-state index in [1.807, 2.05) is 12.3 Å². The van der Waals surface area contributed by atoms with E-state index in [2.05, 4.69) is 27.4 Å². The largest absolute Gasteiger partial charge is 0.375 e. The number of rotatable bonds is 5. The van der Waals surface area contributed by atoms with Gasteiger partial charge in [0.15, 0.2) is 0 Å². The van der Waals surface area contributed by atoms with Crippen molar-refractivity contribution in [2.75, 3.05) is 6.61 Å².